The van der Waals surface area contributed by atoms with Crippen LogP contribution < -0.4 is 4.74 Å². The molecule has 1 saturated heterocycles. The molecule has 2 aromatic heterocycles. The summed E-state index contributed by atoms with van der Waals surface area (Å²) in [6, 6.07) is 19.9. The lowest BCUT2D eigenvalue weighted by Gasteiger charge is -2.32. The lowest BCUT2D eigenvalue weighted by atomic mass is 9.95. The molecule has 2 fully saturated rings. The van der Waals surface area contributed by atoms with Gasteiger partial charge in [0.2, 0.25) is 0 Å². The van der Waals surface area contributed by atoms with Crippen LogP contribution in [0.25, 0.3) is 44.6 Å². The highest BCUT2D eigenvalue weighted by molar-refractivity contribution is 6.05. The van der Waals surface area contributed by atoms with Crippen LogP contribution in [0.2, 0.25) is 0 Å². The van der Waals surface area contributed by atoms with Gasteiger partial charge < -0.3 is 23.5 Å². The fourth-order valence-corrected chi connectivity index (χ4v) is 7.16. The number of likely N-dealkylation sites (tertiary alicyclic amines) is 1. The maximum Gasteiger partial charge on any atom is 0.338 e. The molecule has 0 spiro atoms. The first kappa shape index (κ1) is 30.1. The van der Waals surface area contributed by atoms with Gasteiger partial charge in [0, 0.05) is 43.2 Å². The molecule has 0 unspecified atom stereocenters. The summed E-state index contributed by atoms with van der Waals surface area (Å²) in [5.74, 6) is 2.31. The lowest BCUT2D eigenvalue weighted by Crippen LogP contribution is -2.39. The zero-order chi connectivity index (χ0) is 31.9. The van der Waals surface area contributed by atoms with Gasteiger partial charge in [-0.05, 0) is 74.3 Å². The van der Waals surface area contributed by atoms with Crippen LogP contribution in [0, 0.1) is 11.8 Å². The van der Waals surface area contributed by atoms with Gasteiger partial charge >= 0.3 is 5.97 Å². The normalized spacial score (nSPS) is 16.7. The van der Waals surface area contributed by atoms with E-state index in [0.717, 1.165) is 77.1 Å². The number of amides is 1. The number of benzene rings is 3. The van der Waals surface area contributed by atoms with Crippen LogP contribution in [0.5, 0.6) is 5.75 Å². The van der Waals surface area contributed by atoms with Gasteiger partial charge in [-0.1, -0.05) is 49.7 Å². The second-order valence-corrected chi connectivity index (χ2v) is 12.8. The fourth-order valence-electron chi connectivity index (χ4n) is 7.16. The van der Waals surface area contributed by atoms with E-state index < -0.39 is 0 Å². The number of rotatable bonds is 9. The highest BCUT2D eigenvalue weighted by atomic mass is 16.5. The number of nitrogens with zero attached hydrogens (tertiary/aromatic N) is 4. The molecule has 0 bridgehead atoms. The molecule has 1 saturated carbocycles. The number of aryl methyl sites for hydroxylation is 1. The van der Waals surface area contributed by atoms with Gasteiger partial charge in [0.15, 0.2) is 5.82 Å². The van der Waals surface area contributed by atoms with Crippen molar-refractivity contribution in [1.82, 2.24) is 19.0 Å². The minimum atomic E-state index is -0.321. The minimum absolute atomic E-state index is 0.0401. The average Bonchev–Trinajstić information content (AvgIpc) is 3.75. The highest BCUT2D eigenvalue weighted by Crippen LogP contribution is 2.41. The molecular weight excluding hydrogens is 576 g/mol. The Labute approximate surface area is 269 Å². The zero-order valence-electron chi connectivity index (χ0n) is 27.2. The van der Waals surface area contributed by atoms with Gasteiger partial charge in [0.1, 0.15) is 11.3 Å². The molecule has 1 atom stereocenters. The van der Waals surface area contributed by atoms with Crippen LogP contribution in [0.4, 0.5) is 0 Å². The van der Waals surface area contributed by atoms with E-state index >= 15 is 0 Å². The van der Waals surface area contributed by atoms with Gasteiger partial charge in [-0.15, -0.1) is 0 Å². The molecule has 7 rings (SSSR count). The summed E-state index contributed by atoms with van der Waals surface area (Å²) in [5, 5.41) is 1.08. The predicted molar refractivity (Wildman–Crippen MR) is 181 cm³/mol. The molecule has 1 aliphatic carbocycles. The monoisotopic (exact) mass is 618 g/mol. The largest absolute Gasteiger partial charge is 0.494 e. The molecule has 0 N–H and O–H groups in total. The number of esters is 1. The van der Waals surface area contributed by atoms with Crippen LogP contribution in [-0.4, -0.2) is 57.7 Å². The molecule has 1 amide bonds. The van der Waals surface area contributed by atoms with Crippen molar-refractivity contribution in [3.05, 3.63) is 71.8 Å². The third-order valence-electron chi connectivity index (χ3n) is 9.78. The summed E-state index contributed by atoms with van der Waals surface area (Å²) < 4.78 is 15.8. The molecule has 3 aromatic carbocycles. The molecule has 8 nitrogen and oxygen atoms in total. The number of piperidine rings is 1. The van der Waals surface area contributed by atoms with Crippen molar-refractivity contribution in [3.8, 4) is 28.4 Å². The fraction of sp³-hybridized carbons (Fsp3) is 0.395. The SMILES string of the molecule is CCOC(=O)c1ccccc1-c1cccc2cc(-c3nc4cc(C(=O)N5CCC[C@@H](CC)C5)cc(OC)c4n3C)n(CC3CC3)c12. The Morgan fingerprint density at radius 3 is 2.50 bits per heavy atom. The van der Waals surface area contributed by atoms with Crippen molar-refractivity contribution >= 4 is 33.8 Å². The van der Waals surface area contributed by atoms with Gasteiger partial charge in [-0.2, -0.15) is 0 Å². The molecular formula is C38H42N4O4. The molecule has 1 aliphatic heterocycles. The lowest BCUT2D eigenvalue weighted by molar-refractivity contribution is 0.0527. The van der Waals surface area contributed by atoms with E-state index in [0.29, 0.717) is 35.3 Å². The number of methoxy groups -OCH3 is 1. The van der Waals surface area contributed by atoms with Crippen molar-refractivity contribution in [2.45, 2.75) is 52.5 Å². The number of hydrogen-bond acceptors (Lipinski definition) is 5. The molecule has 5 aromatic rings. The number of para-hydroxylation sites is 1. The Kier molecular flexibility index (Phi) is 8.05. The number of carbonyl (C=O) groups is 2. The summed E-state index contributed by atoms with van der Waals surface area (Å²) in [5.41, 5.74) is 6.68. The zero-order valence-corrected chi connectivity index (χ0v) is 27.2. The molecule has 3 heterocycles. The Balaban J connectivity index is 1.38. The minimum Gasteiger partial charge on any atom is -0.494 e. The van der Waals surface area contributed by atoms with Gasteiger partial charge in [-0.3, -0.25) is 4.79 Å². The number of carbonyl (C=O) groups excluding carboxylic acids is 2. The number of fused-ring (bicyclic) bond motifs is 2. The van der Waals surface area contributed by atoms with Gasteiger partial charge in [0.05, 0.1) is 36.0 Å². The van der Waals surface area contributed by atoms with E-state index in [1.807, 2.05) is 61.3 Å². The van der Waals surface area contributed by atoms with E-state index in [4.69, 9.17) is 14.5 Å². The Hall–Kier alpha value is -4.59. The summed E-state index contributed by atoms with van der Waals surface area (Å²) in [4.78, 5) is 33.9. The van der Waals surface area contributed by atoms with Gasteiger partial charge in [0.25, 0.3) is 5.91 Å². The Bertz CT molecular complexity index is 1950. The van der Waals surface area contributed by atoms with Crippen LogP contribution in [0.3, 0.4) is 0 Å². The Morgan fingerprint density at radius 2 is 1.74 bits per heavy atom. The van der Waals surface area contributed by atoms with Crippen molar-refractivity contribution in [2.75, 3.05) is 26.8 Å². The Morgan fingerprint density at radius 1 is 0.935 bits per heavy atom. The topological polar surface area (TPSA) is 78.6 Å². The van der Waals surface area contributed by atoms with Crippen LogP contribution in [0.1, 0.15) is 66.7 Å². The number of ether oxygens (including phenoxy) is 2. The van der Waals surface area contributed by atoms with Crippen molar-refractivity contribution in [1.29, 1.82) is 0 Å². The molecule has 8 heteroatoms. The summed E-state index contributed by atoms with van der Waals surface area (Å²) >= 11 is 0. The van der Waals surface area contributed by atoms with E-state index in [2.05, 4.69) is 34.3 Å². The summed E-state index contributed by atoms with van der Waals surface area (Å²) in [7, 11) is 3.67. The number of hydrogen-bond donors (Lipinski definition) is 0. The third kappa shape index (κ3) is 5.33. The first-order valence-corrected chi connectivity index (χ1v) is 16.6. The quantitative estimate of drug-likeness (QED) is 0.158. The van der Waals surface area contributed by atoms with Crippen molar-refractivity contribution in [3.63, 3.8) is 0 Å². The predicted octanol–water partition coefficient (Wildman–Crippen LogP) is 7.72. The van der Waals surface area contributed by atoms with Crippen LogP contribution in [0.15, 0.2) is 60.7 Å². The van der Waals surface area contributed by atoms with E-state index in [-0.39, 0.29) is 11.9 Å². The average molecular weight is 619 g/mol. The van der Waals surface area contributed by atoms with E-state index in [1.54, 1.807) is 7.11 Å². The molecule has 2 aliphatic rings. The maximum atomic E-state index is 13.7. The molecule has 238 valence electrons. The van der Waals surface area contributed by atoms with E-state index in [1.165, 1.54) is 19.3 Å². The molecule has 0 radical (unpaired) electrons. The van der Waals surface area contributed by atoms with Crippen LogP contribution >= 0.6 is 0 Å². The highest BCUT2D eigenvalue weighted by Gasteiger charge is 2.29. The first-order valence-electron chi connectivity index (χ1n) is 16.6. The smallest absolute Gasteiger partial charge is 0.338 e. The third-order valence-corrected chi connectivity index (χ3v) is 9.78. The maximum absolute atomic E-state index is 13.7. The summed E-state index contributed by atoms with van der Waals surface area (Å²) in [6.45, 7) is 6.79. The number of imidazole rings is 1. The van der Waals surface area contributed by atoms with Gasteiger partial charge in [-0.25, -0.2) is 9.78 Å². The van der Waals surface area contributed by atoms with E-state index in [9.17, 15) is 9.59 Å². The van der Waals surface area contributed by atoms with Crippen molar-refractivity contribution < 1.29 is 19.1 Å². The second kappa shape index (κ2) is 12.3. The summed E-state index contributed by atoms with van der Waals surface area (Å²) in [6.07, 6.45) is 5.68. The molecule has 46 heavy (non-hydrogen) atoms. The second-order valence-electron chi connectivity index (χ2n) is 12.8. The number of aromatic nitrogens is 3. The van der Waals surface area contributed by atoms with Crippen molar-refractivity contribution in [2.24, 2.45) is 18.9 Å². The standard InChI is InChI=1S/C38H42N4O4/c1-5-24-11-10-18-41(22-24)37(43)27-19-31-35(33(21-27)45-4)40(3)36(39-31)32-20-26-12-9-15-29(34(26)42(32)23-25-16-17-25)28-13-7-8-14-30(28)38(44)46-6-2/h7-9,12-15,19-21,24-25H,5-6,10-11,16-18,22-23H2,1-4H3/t24-/m1/s1. The first-order chi connectivity index (χ1) is 22.4. The van der Waals surface area contributed by atoms with Crippen LogP contribution in [-0.2, 0) is 18.3 Å².